The molecule has 2 fully saturated rings. The molecule has 1 saturated heterocycles. The number of hydrogen-bond acceptors (Lipinski definition) is 3. The molecule has 6 heteroatoms. The molecule has 2 rings (SSSR count). The predicted octanol–water partition coefficient (Wildman–Crippen LogP) is 2.03. The topological polar surface area (TPSA) is 87.7 Å². The Labute approximate surface area is 125 Å². The van der Waals surface area contributed by atoms with Crippen LogP contribution in [0.25, 0.3) is 0 Å². The fourth-order valence-electron chi connectivity index (χ4n) is 3.19. The third kappa shape index (κ3) is 4.59. The van der Waals surface area contributed by atoms with E-state index in [1.165, 1.54) is 6.42 Å². The van der Waals surface area contributed by atoms with Gasteiger partial charge in [0.2, 0.25) is 0 Å². The molecule has 0 aromatic carbocycles. The monoisotopic (exact) mass is 298 g/mol. The van der Waals surface area contributed by atoms with E-state index in [-0.39, 0.29) is 12.1 Å². The van der Waals surface area contributed by atoms with Gasteiger partial charge in [-0.3, -0.25) is 0 Å². The molecule has 1 atom stereocenters. The van der Waals surface area contributed by atoms with Crippen molar-refractivity contribution in [3.05, 3.63) is 0 Å². The summed E-state index contributed by atoms with van der Waals surface area (Å²) in [7, 11) is 0. The van der Waals surface area contributed by atoms with Crippen molar-refractivity contribution < 1.29 is 19.4 Å². The number of ether oxygens (including phenoxy) is 1. The molecule has 0 aromatic heterocycles. The second-order valence-electron chi connectivity index (χ2n) is 6.11. The maximum absolute atomic E-state index is 11.9. The van der Waals surface area contributed by atoms with Crippen LogP contribution in [0.15, 0.2) is 0 Å². The average molecular weight is 298 g/mol. The first kappa shape index (κ1) is 16.1. The molecule has 2 amide bonds. The lowest BCUT2D eigenvalue weighted by Gasteiger charge is -2.34. The molecule has 1 unspecified atom stereocenters. The second-order valence-corrected chi connectivity index (χ2v) is 6.11. The van der Waals surface area contributed by atoms with Crippen LogP contribution in [0.5, 0.6) is 0 Å². The number of rotatable bonds is 5. The van der Waals surface area contributed by atoms with Crippen LogP contribution in [0.2, 0.25) is 0 Å². The zero-order valence-corrected chi connectivity index (χ0v) is 12.5. The van der Waals surface area contributed by atoms with E-state index in [2.05, 4.69) is 10.6 Å². The average Bonchev–Trinajstić information content (AvgIpc) is 2.49. The number of carboxylic acid groups (broad SMARTS) is 1. The maximum atomic E-state index is 11.9. The van der Waals surface area contributed by atoms with Crippen LogP contribution in [0.3, 0.4) is 0 Å². The van der Waals surface area contributed by atoms with E-state index >= 15 is 0 Å². The van der Waals surface area contributed by atoms with E-state index in [0.29, 0.717) is 19.4 Å². The predicted molar refractivity (Wildman–Crippen MR) is 78.2 cm³/mol. The molecule has 0 aromatic rings. The van der Waals surface area contributed by atoms with E-state index < -0.39 is 11.5 Å². The highest BCUT2D eigenvalue weighted by Gasteiger charge is 2.40. The minimum absolute atomic E-state index is 0.224. The third-order valence-corrected chi connectivity index (χ3v) is 4.50. The summed E-state index contributed by atoms with van der Waals surface area (Å²) in [6.07, 6.45) is 8.12. The molecule has 21 heavy (non-hydrogen) atoms. The highest BCUT2D eigenvalue weighted by molar-refractivity contribution is 5.86. The molecule has 1 heterocycles. The number of aliphatic carboxylic acids is 1. The fraction of sp³-hybridized carbons (Fsp3) is 0.867. The summed E-state index contributed by atoms with van der Waals surface area (Å²) in [6, 6.07) is -0.380. The number of amides is 2. The van der Waals surface area contributed by atoms with Gasteiger partial charge in [0.1, 0.15) is 5.54 Å². The standard InChI is InChI=1S/C15H26N2O4/c18-13(19)15(8-3-1-4-9-15)17-14(20)16-10-7-12-6-2-5-11-21-12/h12H,1-11H2,(H,18,19)(H2,16,17,20). The first-order valence-electron chi connectivity index (χ1n) is 8.03. The lowest BCUT2D eigenvalue weighted by molar-refractivity contribution is -0.145. The molecular weight excluding hydrogens is 272 g/mol. The summed E-state index contributed by atoms with van der Waals surface area (Å²) in [6.45, 7) is 1.32. The van der Waals surface area contributed by atoms with Gasteiger partial charge < -0.3 is 20.5 Å². The van der Waals surface area contributed by atoms with Crippen molar-refractivity contribution in [1.82, 2.24) is 10.6 Å². The molecule has 1 aliphatic carbocycles. The number of carbonyl (C=O) groups excluding carboxylic acids is 1. The Morgan fingerprint density at radius 2 is 1.90 bits per heavy atom. The van der Waals surface area contributed by atoms with Gasteiger partial charge in [0, 0.05) is 13.2 Å². The van der Waals surface area contributed by atoms with Crippen LogP contribution in [0, 0.1) is 0 Å². The quantitative estimate of drug-likeness (QED) is 0.724. The largest absolute Gasteiger partial charge is 0.480 e. The molecular formula is C15H26N2O4. The highest BCUT2D eigenvalue weighted by atomic mass is 16.5. The van der Waals surface area contributed by atoms with Gasteiger partial charge in [0.25, 0.3) is 0 Å². The molecule has 1 aliphatic heterocycles. The van der Waals surface area contributed by atoms with E-state index in [1.54, 1.807) is 0 Å². The number of urea groups is 1. The molecule has 0 bridgehead atoms. The van der Waals surface area contributed by atoms with E-state index in [1.807, 2.05) is 0 Å². The first-order chi connectivity index (χ1) is 10.1. The van der Waals surface area contributed by atoms with E-state index in [4.69, 9.17) is 4.74 Å². The van der Waals surface area contributed by atoms with Gasteiger partial charge in [0.15, 0.2) is 0 Å². The Bertz CT molecular complexity index is 361. The highest BCUT2D eigenvalue weighted by Crippen LogP contribution is 2.28. The van der Waals surface area contributed by atoms with Crippen LogP contribution in [-0.4, -0.2) is 41.9 Å². The van der Waals surface area contributed by atoms with Crippen molar-refractivity contribution in [3.8, 4) is 0 Å². The van der Waals surface area contributed by atoms with Crippen molar-refractivity contribution in [3.63, 3.8) is 0 Å². The Kier molecular flexibility index (Phi) is 5.85. The molecule has 0 radical (unpaired) electrons. The molecule has 3 N–H and O–H groups in total. The van der Waals surface area contributed by atoms with Gasteiger partial charge in [-0.2, -0.15) is 0 Å². The number of nitrogens with one attached hydrogen (secondary N) is 2. The molecule has 6 nitrogen and oxygen atoms in total. The normalized spacial score (nSPS) is 25.0. The van der Waals surface area contributed by atoms with Crippen LogP contribution in [0.4, 0.5) is 4.79 Å². The Hall–Kier alpha value is -1.30. The summed E-state index contributed by atoms with van der Waals surface area (Å²) in [5.41, 5.74) is -1.08. The second kappa shape index (κ2) is 7.64. The van der Waals surface area contributed by atoms with Crippen molar-refractivity contribution in [2.45, 2.75) is 69.4 Å². The van der Waals surface area contributed by atoms with Crippen LogP contribution in [-0.2, 0) is 9.53 Å². The van der Waals surface area contributed by atoms with Crippen molar-refractivity contribution in [1.29, 1.82) is 0 Å². The molecule has 120 valence electrons. The lowest BCUT2D eigenvalue weighted by Crippen LogP contribution is -2.58. The van der Waals surface area contributed by atoms with E-state index in [0.717, 1.165) is 45.1 Å². The summed E-state index contributed by atoms with van der Waals surface area (Å²) < 4.78 is 5.60. The summed E-state index contributed by atoms with van der Waals surface area (Å²) >= 11 is 0. The minimum atomic E-state index is -1.08. The van der Waals surface area contributed by atoms with Crippen molar-refractivity contribution in [2.75, 3.05) is 13.2 Å². The van der Waals surface area contributed by atoms with Gasteiger partial charge in [-0.15, -0.1) is 0 Å². The van der Waals surface area contributed by atoms with Crippen LogP contribution in [0.1, 0.15) is 57.8 Å². The first-order valence-corrected chi connectivity index (χ1v) is 8.03. The zero-order chi connectivity index (χ0) is 15.1. The third-order valence-electron chi connectivity index (χ3n) is 4.50. The minimum Gasteiger partial charge on any atom is -0.480 e. The van der Waals surface area contributed by atoms with Gasteiger partial charge >= 0.3 is 12.0 Å². The Morgan fingerprint density at radius 1 is 1.14 bits per heavy atom. The van der Waals surface area contributed by atoms with Crippen LogP contribution >= 0.6 is 0 Å². The fourth-order valence-corrected chi connectivity index (χ4v) is 3.19. The maximum Gasteiger partial charge on any atom is 0.329 e. The Morgan fingerprint density at radius 3 is 2.52 bits per heavy atom. The summed E-state index contributed by atoms with van der Waals surface area (Å²) in [4.78, 5) is 23.4. The number of carbonyl (C=O) groups is 2. The molecule has 1 saturated carbocycles. The van der Waals surface area contributed by atoms with Crippen molar-refractivity contribution >= 4 is 12.0 Å². The molecule has 0 spiro atoms. The van der Waals surface area contributed by atoms with E-state index in [9.17, 15) is 14.7 Å². The van der Waals surface area contributed by atoms with Gasteiger partial charge in [-0.05, 0) is 38.5 Å². The van der Waals surface area contributed by atoms with Gasteiger partial charge in [0.05, 0.1) is 6.10 Å². The summed E-state index contributed by atoms with van der Waals surface area (Å²) in [5, 5.41) is 14.8. The van der Waals surface area contributed by atoms with Gasteiger partial charge in [-0.1, -0.05) is 19.3 Å². The molecule has 2 aliphatic rings. The Balaban J connectivity index is 1.73. The van der Waals surface area contributed by atoms with Crippen molar-refractivity contribution in [2.24, 2.45) is 0 Å². The lowest BCUT2D eigenvalue weighted by atomic mass is 9.82. The summed E-state index contributed by atoms with van der Waals surface area (Å²) in [5.74, 6) is -0.923. The smallest absolute Gasteiger partial charge is 0.329 e. The van der Waals surface area contributed by atoms with Gasteiger partial charge in [-0.25, -0.2) is 9.59 Å². The zero-order valence-electron chi connectivity index (χ0n) is 12.5. The number of hydrogen-bond donors (Lipinski definition) is 3. The number of carboxylic acids is 1. The van der Waals surface area contributed by atoms with Crippen LogP contribution < -0.4 is 10.6 Å². The SMILES string of the molecule is O=C(NCCC1CCCCO1)NC1(C(=O)O)CCCCC1.